The quantitative estimate of drug-likeness (QED) is 0.856. The van der Waals surface area contributed by atoms with Gasteiger partial charge in [-0.2, -0.15) is 0 Å². The minimum absolute atomic E-state index is 0.111. The van der Waals surface area contributed by atoms with Gasteiger partial charge in [0.25, 0.3) is 0 Å². The second-order valence-electron chi connectivity index (χ2n) is 5.53. The largest absolute Gasteiger partial charge is 0.338 e. The average Bonchev–Trinajstić information content (AvgIpc) is 3.25. The van der Waals surface area contributed by atoms with Gasteiger partial charge >= 0.3 is 0 Å². The van der Waals surface area contributed by atoms with E-state index in [1.807, 2.05) is 9.58 Å². The highest BCUT2D eigenvalue weighted by molar-refractivity contribution is 9.10. The molecule has 1 saturated heterocycles. The van der Waals surface area contributed by atoms with E-state index in [0.29, 0.717) is 16.7 Å². The first kappa shape index (κ1) is 11.0. The third kappa shape index (κ3) is 1.69. The van der Waals surface area contributed by atoms with Crippen LogP contribution >= 0.6 is 15.9 Å². The van der Waals surface area contributed by atoms with Gasteiger partial charge in [-0.25, -0.2) is 9.67 Å². The minimum atomic E-state index is -0.111. The molecule has 3 fully saturated rings. The number of aromatic nitrogens is 3. The summed E-state index contributed by atoms with van der Waals surface area (Å²) in [5, 5.41) is 4.39. The molecule has 0 spiro atoms. The van der Waals surface area contributed by atoms with Crippen molar-refractivity contribution in [1.29, 1.82) is 0 Å². The molecule has 1 amide bonds. The molecule has 1 aromatic heterocycles. The van der Waals surface area contributed by atoms with Crippen LogP contribution in [0.1, 0.15) is 49.9 Å². The van der Waals surface area contributed by atoms with Crippen LogP contribution in [0.5, 0.6) is 0 Å². The molecule has 1 aromatic rings. The van der Waals surface area contributed by atoms with Crippen molar-refractivity contribution >= 4 is 21.8 Å². The number of carbonyl (C=O) groups excluding carboxylic acids is 1. The van der Waals surface area contributed by atoms with Crippen molar-refractivity contribution in [3.8, 4) is 0 Å². The van der Waals surface area contributed by atoms with Crippen LogP contribution in [-0.4, -0.2) is 38.2 Å². The van der Waals surface area contributed by atoms with Crippen LogP contribution in [0.4, 0.5) is 0 Å². The summed E-state index contributed by atoms with van der Waals surface area (Å²) in [5.74, 6) is 1.77. The fourth-order valence-electron chi connectivity index (χ4n) is 2.82. The van der Waals surface area contributed by atoms with Crippen LogP contribution in [0, 0.1) is 0 Å². The molecule has 3 aliphatic rings. The maximum Gasteiger partial charge on any atom is 0.247 e. The first-order valence-corrected chi connectivity index (χ1v) is 7.46. The van der Waals surface area contributed by atoms with Crippen LogP contribution in [0.2, 0.25) is 0 Å². The molecule has 96 valence electrons. The first-order valence-electron chi connectivity index (χ1n) is 6.66. The van der Waals surface area contributed by atoms with E-state index in [9.17, 15) is 4.79 Å². The van der Waals surface area contributed by atoms with E-state index in [4.69, 9.17) is 0 Å². The zero-order valence-electron chi connectivity index (χ0n) is 10.0. The van der Waals surface area contributed by atoms with Gasteiger partial charge in [-0.05, 0) is 48.0 Å². The molecule has 0 N–H and O–H groups in total. The molecule has 1 atom stereocenters. The van der Waals surface area contributed by atoms with E-state index in [0.717, 1.165) is 18.8 Å². The van der Waals surface area contributed by atoms with Crippen molar-refractivity contribution in [3.63, 3.8) is 0 Å². The summed E-state index contributed by atoms with van der Waals surface area (Å²) in [6.07, 6.45) is 5.59. The Morgan fingerprint density at radius 2 is 1.94 bits per heavy atom. The Hall–Kier alpha value is -0.910. The third-order valence-corrected chi connectivity index (χ3v) is 4.40. The van der Waals surface area contributed by atoms with Gasteiger partial charge in [0.2, 0.25) is 10.6 Å². The fourth-order valence-corrected chi connectivity index (χ4v) is 3.17. The molecule has 2 heterocycles. The maximum atomic E-state index is 12.4. The highest BCUT2D eigenvalue weighted by atomic mass is 79.9. The Morgan fingerprint density at radius 1 is 1.17 bits per heavy atom. The molecule has 0 aromatic carbocycles. The lowest BCUT2D eigenvalue weighted by molar-refractivity contribution is -0.131. The molecule has 0 radical (unpaired) electrons. The molecule has 0 bridgehead atoms. The lowest BCUT2D eigenvalue weighted by Gasteiger charge is -2.16. The summed E-state index contributed by atoms with van der Waals surface area (Å²) in [6.45, 7) is 0.885. The summed E-state index contributed by atoms with van der Waals surface area (Å²) in [5.41, 5.74) is 0. The number of likely N-dealkylation sites (tertiary alicyclic amines) is 1. The standard InChI is InChI=1S/C12H15BrN4O/c13-12-14-10(7-1-2-7)17(15-12)9-5-6-16(11(9)18)8-3-4-8/h7-9H,1-6H2. The molecular formula is C12H15BrN4O. The summed E-state index contributed by atoms with van der Waals surface area (Å²) in [7, 11) is 0. The van der Waals surface area contributed by atoms with Crippen molar-refractivity contribution in [2.24, 2.45) is 0 Å². The lowest BCUT2D eigenvalue weighted by atomic mass is 10.2. The monoisotopic (exact) mass is 310 g/mol. The van der Waals surface area contributed by atoms with E-state index >= 15 is 0 Å². The van der Waals surface area contributed by atoms with Crippen molar-refractivity contribution in [2.45, 2.75) is 50.1 Å². The highest BCUT2D eigenvalue weighted by Crippen LogP contribution is 2.42. The molecular weight excluding hydrogens is 296 g/mol. The van der Waals surface area contributed by atoms with Gasteiger partial charge in [0.1, 0.15) is 11.9 Å². The molecule has 2 saturated carbocycles. The smallest absolute Gasteiger partial charge is 0.247 e. The molecule has 2 aliphatic carbocycles. The van der Waals surface area contributed by atoms with Gasteiger partial charge in [0.15, 0.2) is 0 Å². The predicted molar refractivity (Wildman–Crippen MR) is 68.1 cm³/mol. The van der Waals surface area contributed by atoms with E-state index in [1.165, 1.54) is 25.7 Å². The van der Waals surface area contributed by atoms with Gasteiger partial charge in [0, 0.05) is 18.5 Å². The number of amides is 1. The van der Waals surface area contributed by atoms with E-state index < -0.39 is 0 Å². The fraction of sp³-hybridized carbons (Fsp3) is 0.750. The Kier molecular flexibility index (Phi) is 2.31. The van der Waals surface area contributed by atoms with Gasteiger partial charge in [0.05, 0.1) is 0 Å². The summed E-state index contributed by atoms with van der Waals surface area (Å²) in [4.78, 5) is 18.9. The van der Waals surface area contributed by atoms with Gasteiger partial charge in [-0.1, -0.05) is 0 Å². The van der Waals surface area contributed by atoms with Crippen LogP contribution in [-0.2, 0) is 4.79 Å². The van der Waals surface area contributed by atoms with Crippen LogP contribution < -0.4 is 0 Å². The molecule has 1 aliphatic heterocycles. The van der Waals surface area contributed by atoms with Crippen molar-refractivity contribution in [2.75, 3.05) is 6.54 Å². The van der Waals surface area contributed by atoms with Crippen molar-refractivity contribution < 1.29 is 4.79 Å². The molecule has 5 nitrogen and oxygen atoms in total. The summed E-state index contributed by atoms with van der Waals surface area (Å²) in [6, 6.07) is 0.402. The second-order valence-corrected chi connectivity index (χ2v) is 6.23. The molecule has 6 heteroatoms. The number of hydrogen-bond donors (Lipinski definition) is 0. The Labute approximate surface area is 114 Å². The number of halogens is 1. The summed E-state index contributed by atoms with van der Waals surface area (Å²) >= 11 is 3.33. The number of hydrogen-bond acceptors (Lipinski definition) is 3. The lowest BCUT2D eigenvalue weighted by Crippen LogP contribution is -2.31. The second kappa shape index (κ2) is 3.79. The number of rotatable bonds is 3. The van der Waals surface area contributed by atoms with E-state index in [2.05, 4.69) is 26.0 Å². The first-order chi connectivity index (χ1) is 8.74. The Bertz CT molecular complexity index is 506. The highest BCUT2D eigenvalue weighted by Gasteiger charge is 2.43. The van der Waals surface area contributed by atoms with E-state index in [-0.39, 0.29) is 11.9 Å². The Morgan fingerprint density at radius 3 is 2.61 bits per heavy atom. The average molecular weight is 311 g/mol. The number of nitrogens with zero attached hydrogens (tertiary/aromatic N) is 4. The normalized spacial score (nSPS) is 28.2. The van der Waals surface area contributed by atoms with Crippen LogP contribution in [0.3, 0.4) is 0 Å². The zero-order chi connectivity index (χ0) is 12.3. The Balaban J connectivity index is 1.64. The molecule has 4 rings (SSSR count). The minimum Gasteiger partial charge on any atom is -0.338 e. The van der Waals surface area contributed by atoms with Gasteiger partial charge < -0.3 is 4.90 Å². The predicted octanol–water partition coefficient (Wildman–Crippen LogP) is 1.85. The SMILES string of the molecule is O=C1C(n2nc(Br)nc2C2CC2)CCN1C1CC1. The molecule has 1 unspecified atom stereocenters. The topological polar surface area (TPSA) is 51.0 Å². The van der Waals surface area contributed by atoms with Gasteiger partial charge in [-0.3, -0.25) is 4.79 Å². The van der Waals surface area contributed by atoms with Gasteiger partial charge in [-0.15, -0.1) is 5.10 Å². The zero-order valence-corrected chi connectivity index (χ0v) is 11.6. The third-order valence-electron chi connectivity index (χ3n) is 4.07. The van der Waals surface area contributed by atoms with Crippen LogP contribution in [0.15, 0.2) is 4.73 Å². The van der Waals surface area contributed by atoms with Crippen LogP contribution in [0.25, 0.3) is 0 Å². The van der Waals surface area contributed by atoms with Crippen molar-refractivity contribution in [1.82, 2.24) is 19.7 Å². The van der Waals surface area contributed by atoms with Crippen molar-refractivity contribution in [3.05, 3.63) is 10.6 Å². The maximum absolute atomic E-state index is 12.4. The number of carbonyl (C=O) groups is 1. The molecule has 18 heavy (non-hydrogen) atoms. The summed E-state index contributed by atoms with van der Waals surface area (Å²) < 4.78 is 2.49. The van der Waals surface area contributed by atoms with E-state index in [1.54, 1.807) is 0 Å².